The maximum atomic E-state index is 12.6. The number of nitrogens with zero attached hydrogens (tertiary/aromatic N) is 2. The lowest BCUT2D eigenvalue weighted by Gasteiger charge is -2.25. The zero-order valence-electron chi connectivity index (χ0n) is 18.1. The summed E-state index contributed by atoms with van der Waals surface area (Å²) < 4.78 is 0. The van der Waals surface area contributed by atoms with Crippen molar-refractivity contribution in [2.24, 2.45) is 0 Å². The van der Waals surface area contributed by atoms with Gasteiger partial charge in [0.05, 0.1) is 13.1 Å². The monoisotopic (exact) mass is 388 g/mol. The summed E-state index contributed by atoms with van der Waals surface area (Å²) in [5, 5.41) is 6.12. The lowest BCUT2D eigenvalue weighted by molar-refractivity contribution is -0.123. The highest BCUT2D eigenvalue weighted by atomic mass is 16.2. The van der Waals surface area contributed by atoms with E-state index in [-0.39, 0.29) is 17.4 Å². The Balaban J connectivity index is 1.84. The summed E-state index contributed by atoms with van der Waals surface area (Å²) in [6, 6.07) is 6.12. The first-order valence-electron chi connectivity index (χ1n) is 10.3. The number of amides is 2. The Morgan fingerprint density at radius 3 is 2.18 bits per heavy atom. The van der Waals surface area contributed by atoms with Gasteiger partial charge in [-0.05, 0) is 64.8 Å². The van der Waals surface area contributed by atoms with Gasteiger partial charge in [-0.3, -0.25) is 19.4 Å². The van der Waals surface area contributed by atoms with E-state index in [4.69, 9.17) is 0 Å². The van der Waals surface area contributed by atoms with E-state index in [1.807, 2.05) is 39.8 Å². The third kappa shape index (κ3) is 7.24. The van der Waals surface area contributed by atoms with Crippen LogP contribution < -0.4 is 10.6 Å². The van der Waals surface area contributed by atoms with Gasteiger partial charge in [0.1, 0.15) is 0 Å². The van der Waals surface area contributed by atoms with Crippen LogP contribution in [0.25, 0.3) is 0 Å². The average molecular weight is 389 g/mol. The van der Waals surface area contributed by atoms with Crippen LogP contribution in [-0.4, -0.2) is 66.4 Å². The van der Waals surface area contributed by atoms with Gasteiger partial charge in [-0.25, -0.2) is 0 Å². The molecule has 28 heavy (non-hydrogen) atoms. The third-order valence-corrected chi connectivity index (χ3v) is 4.93. The van der Waals surface area contributed by atoms with Crippen molar-refractivity contribution in [2.45, 2.75) is 53.0 Å². The predicted octanol–water partition coefficient (Wildman–Crippen LogP) is 2.42. The molecule has 2 N–H and O–H groups in total. The molecular weight excluding hydrogens is 352 g/mol. The fourth-order valence-corrected chi connectivity index (χ4v) is 3.59. The highest BCUT2D eigenvalue weighted by molar-refractivity contribution is 5.93. The average Bonchev–Trinajstić information content (AvgIpc) is 2.80. The summed E-state index contributed by atoms with van der Waals surface area (Å²) in [5.74, 6) is 0.0910. The molecule has 0 bridgehead atoms. The Kier molecular flexibility index (Phi) is 8.01. The van der Waals surface area contributed by atoms with Gasteiger partial charge in [-0.1, -0.05) is 25.1 Å². The number of nitrogens with one attached hydrogen (secondary N) is 2. The Morgan fingerprint density at radius 2 is 1.61 bits per heavy atom. The summed E-state index contributed by atoms with van der Waals surface area (Å²) >= 11 is 0. The van der Waals surface area contributed by atoms with Gasteiger partial charge in [0, 0.05) is 24.3 Å². The van der Waals surface area contributed by atoms with Crippen molar-refractivity contribution >= 4 is 17.5 Å². The number of aryl methyl sites for hydroxylation is 2. The third-order valence-electron chi connectivity index (χ3n) is 4.93. The number of benzene rings is 1. The number of hydrogen-bond acceptors (Lipinski definition) is 4. The van der Waals surface area contributed by atoms with Crippen LogP contribution in [0.2, 0.25) is 0 Å². The molecular formula is C22H36N4O2. The number of rotatable bonds is 6. The summed E-state index contributed by atoms with van der Waals surface area (Å²) in [4.78, 5) is 29.1. The maximum Gasteiger partial charge on any atom is 0.238 e. The van der Waals surface area contributed by atoms with Crippen LogP contribution in [-0.2, 0) is 16.0 Å². The first kappa shape index (κ1) is 22.4. The molecule has 0 aliphatic carbocycles. The second kappa shape index (κ2) is 10.0. The summed E-state index contributed by atoms with van der Waals surface area (Å²) in [6.07, 6.45) is 1.85. The molecule has 0 aromatic heterocycles. The van der Waals surface area contributed by atoms with Crippen LogP contribution in [0, 0.1) is 6.92 Å². The van der Waals surface area contributed by atoms with Crippen LogP contribution in [0.5, 0.6) is 0 Å². The van der Waals surface area contributed by atoms with E-state index >= 15 is 0 Å². The Morgan fingerprint density at radius 1 is 1.00 bits per heavy atom. The molecule has 0 atom stereocenters. The molecule has 6 nitrogen and oxygen atoms in total. The summed E-state index contributed by atoms with van der Waals surface area (Å²) in [6.45, 7) is 14.3. The Hall–Kier alpha value is -1.92. The van der Waals surface area contributed by atoms with Crippen molar-refractivity contribution in [2.75, 3.05) is 44.6 Å². The van der Waals surface area contributed by atoms with Crippen molar-refractivity contribution in [1.29, 1.82) is 0 Å². The molecule has 0 spiro atoms. The van der Waals surface area contributed by atoms with E-state index in [1.165, 1.54) is 5.56 Å². The molecule has 6 heteroatoms. The van der Waals surface area contributed by atoms with Gasteiger partial charge in [0.2, 0.25) is 11.8 Å². The zero-order chi connectivity index (χ0) is 20.7. The maximum absolute atomic E-state index is 12.6. The first-order valence-corrected chi connectivity index (χ1v) is 10.3. The van der Waals surface area contributed by atoms with E-state index in [9.17, 15) is 9.59 Å². The fraction of sp³-hybridized carbons (Fsp3) is 0.636. The SMILES string of the molecule is CCc1cccc(C)c1NC(=O)CN1CCCN(CC(=O)NC(C)(C)C)CC1. The second-order valence-corrected chi connectivity index (χ2v) is 8.71. The van der Waals surface area contributed by atoms with Crippen molar-refractivity contribution < 1.29 is 9.59 Å². The van der Waals surface area contributed by atoms with E-state index in [0.717, 1.165) is 50.3 Å². The van der Waals surface area contributed by atoms with E-state index < -0.39 is 0 Å². The molecule has 0 radical (unpaired) electrons. The second-order valence-electron chi connectivity index (χ2n) is 8.71. The Bertz CT molecular complexity index is 682. The highest BCUT2D eigenvalue weighted by Gasteiger charge is 2.21. The lowest BCUT2D eigenvalue weighted by Crippen LogP contribution is -2.46. The molecule has 1 aromatic rings. The zero-order valence-corrected chi connectivity index (χ0v) is 18.1. The van der Waals surface area contributed by atoms with Gasteiger partial charge < -0.3 is 10.6 Å². The Labute approximate surface area is 169 Å². The molecule has 156 valence electrons. The number of carbonyl (C=O) groups excluding carboxylic acids is 2. The van der Waals surface area contributed by atoms with Crippen LogP contribution in [0.15, 0.2) is 18.2 Å². The van der Waals surface area contributed by atoms with E-state index in [0.29, 0.717) is 13.1 Å². The standard InChI is InChI=1S/C22H36N4O2/c1-6-18-10-7-9-17(2)21(18)23-19(27)15-25-11-8-12-26(14-13-25)16-20(28)24-22(3,4)5/h7,9-10H,6,8,11-16H2,1-5H3,(H,23,27)(H,24,28). The van der Waals surface area contributed by atoms with Crippen molar-refractivity contribution in [3.63, 3.8) is 0 Å². The van der Waals surface area contributed by atoms with E-state index in [2.05, 4.69) is 33.4 Å². The smallest absolute Gasteiger partial charge is 0.238 e. The minimum Gasteiger partial charge on any atom is -0.350 e. The molecule has 1 heterocycles. The van der Waals surface area contributed by atoms with Crippen LogP contribution in [0.3, 0.4) is 0 Å². The normalized spacial score (nSPS) is 16.5. The van der Waals surface area contributed by atoms with Gasteiger partial charge in [0.15, 0.2) is 0 Å². The van der Waals surface area contributed by atoms with Crippen LogP contribution >= 0.6 is 0 Å². The van der Waals surface area contributed by atoms with Crippen LogP contribution in [0.4, 0.5) is 5.69 Å². The molecule has 1 fully saturated rings. The van der Waals surface area contributed by atoms with Gasteiger partial charge >= 0.3 is 0 Å². The molecule has 1 aromatic carbocycles. The molecule has 0 saturated carbocycles. The highest BCUT2D eigenvalue weighted by Crippen LogP contribution is 2.21. The van der Waals surface area contributed by atoms with Gasteiger partial charge in [0.25, 0.3) is 0 Å². The number of hydrogen-bond donors (Lipinski definition) is 2. The minimum atomic E-state index is -0.208. The minimum absolute atomic E-state index is 0.0305. The largest absolute Gasteiger partial charge is 0.350 e. The van der Waals surface area contributed by atoms with Gasteiger partial charge in [-0.15, -0.1) is 0 Å². The lowest BCUT2D eigenvalue weighted by atomic mass is 10.1. The molecule has 2 amide bonds. The van der Waals surface area contributed by atoms with Gasteiger partial charge in [-0.2, -0.15) is 0 Å². The van der Waals surface area contributed by atoms with Crippen LogP contribution in [0.1, 0.15) is 45.2 Å². The van der Waals surface area contributed by atoms with Crippen molar-refractivity contribution in [1.82, 2.24) is 15.1 Å². The van der Waals surface area contributed by atoms with Crippen molar-refractivity contribution in [3.8, 4) is 0 Å². The van der Waals surface area contributed by atoms with Crippen molar-refractivity contribution in [3.05, 3.63) is 29.3 Å². The number of carbonyl (C=O) groups is 2. The molecule has 1 saturated heterocycles. The topological polar surface area (TPSA) is 64.7 Å². The predicted molar refractivity (Wildman–Crippen MR) is 115 cm³/mol. The number of anilines is 1. The summed E-state index contributed by atoms with van der Waals surface area (Å²) in [5.41, 5.74) is 3.00. The first-order chi connectivity index (χ1) is 13.2. The quantitative estimate of drug-likeness (QED) is 0.786. The summed E-state index contributed by atoms with van der Waals surface area (Å²) in [7, 11) is 0. The number of para-hydroxylation sites is 1. The molecule has 2 rings (SSSR count). The molecule has 0 unspecified atom stereocenters. The molecule has 1 aliphatic heterocycles. The molecule has 1 aliphatic rings. The van der Waals surface area contributed by atoms with E-state index in [1.54, 1.807) is 0 Å². The fourth-order valence-electron chi connectivity index (χ4n) is 3.59.